The van der Waals surface area contributed by atoms with Crippen LogP contribution in [-0.2, 0) is 0 Å². The van der Waals surface area contributed by atoms with E-state index in [4.69, 9.17) is 11.6 Å². The first-order chi connectivity index (χ1) is 6.33. The predicted molar refractivity (Wildman–Crippen MR) is 58.2 cm³/mol. The maximum absolute atomic E-state index is 5.54. The van der Waals surface area contributed by atoms with E-state index in [1.165, 1.54) is 0 Å². The van der Waals surface area contributed by atoms with E-state index in [0.29, 0.717) is 11.8 Å². The molecule has 1 heterocycles. The van der Waals surface area contributed by atoms with Crippen molar-refractivity contribution in [1.29, 1.82) is 0 Å². The predicted octanol–water partition coefficient (Wildman–Crippen LogP) is 2.67. The number of aromatic nitrogens is 2. The molecule has 1 aromatic rings. The first kappa shape index (κ1) is 10.7. The van der Waals surface area contributed by atoms with Gasteiger partial charge in [-0.3, -0.25) is 0 Å². The Labute approximate surface area is 91.1 Å². The smallest absolute Gasteiger partial charge is 0.222 e. The second-order valence-corrected chi connectivity index (χ2v) is 3.84. The number of anilines is 1. The van der Waals surface area contributed by atoms with Crippen LogP contribution in [0.3, 0.4) is 0 Å². The molecule has 0 bridgehead atoms. The lowest BCUT2D eigenvalue weighted by atomic mass is 10.3. The summed E-state index contributed by atoms with van der Waals surface area (Å²) in [5, 5.41) is 3.10. The van der Waals surface area contributed by atoms with Gasteiger partial charge < -0.3 is 5.32 Å². The first-order valence-electron chi connectivity index (χ1n) is 4.10. The summed E-state index contributed by atoms with van der Waals surface area (Å²) in [6.45, 7) is 0.869. The van der Waals surface area contributed by atoms with Gasteiger partial charge in [-0.2, -0.15) is 0 Å². The minimum absolute atomic E-state index is 0.665. The van der Waals surface area contributed by atoms with Gasteiger partial charge in [0.25, 0.3) is 0 Å². The molecule has 3 nitrogen and oxygen atoms in total. The van der Waals surface area contributed by atoms with Crippen molar-refractivity contribution in [2.24, 2.45) is 0 Å². The van der Waals surface area contributed by atoms with Crippen LogP contribution < -0.4 is 5.32 Å². The molecule has 0 spiro atoms. The zero-order valence-electron chi connectivity index (χ0n) is 7.13. The van der Waals surface area contributed by atoms with Crippen molar-refractivity contribution < 1.29 is 0 Å². The van der Waals surface area contributed by atoms with Crippen LogP contribution in [0.25, 0.3) is 0 Å². The summed E-state index contributed by atoms with van der Waals surface area (Å²) in [5.74, 6) is 1.38. The van der Waals surface area contributed by atoms with Crippen molar-refractivity contribution in [2.45, 2.75) is 12.8 Å². The van der Waals surface area contributed by atoms with E-state index in [1.807, 2.05) is 0 Å². The number of rotatable bonds is 5. The largest absolute Gasteiger partial charge is 0.354 e. The van der Waals surface area contributed by atoms with E-state index in [1.54, 1.807) is 12.4 Å². The number of nitrogens with zero attached hydrogens (tertiary/aromatic N) is 2. The van der Waals surface area contributed by atoms with Gasteiger partial charge in [-0.25, -0.2) is 9.97 Å². The Hall–Kier alpha value is -0.350. The van der Waals surface area contributed by atoms with Crippen LogP contribution in [0.1, 0.15) is 12.8 Å². The molecule has 0 aliphatic heterocycles. The Morgan fingerprint density at radius 3 is 2.62 bits per heavy atom. The van der Waals surface area contributed by atoms with Gasteiger partial charge in [0.1, 0.15) is 0 Å². The van der Waals surface area contributed by atoms with Crippen LogP contribution in [0.5, 0.6) is 0 Å². The molecule has 1 aromatic heterocycles. The van der Waals surface area contributed by atoms with Gasteiger partial charge in [-0.15, -0.1) is 11.6 Å². The van der Waals surface area contributed by atoms with Gasteiger partial charge in [0.2, 0.25) is 5.95 Å². The van der Waals surface area contributed by atoms with Gasteiger partial charge in [-0.05, 0) is 28.8 Å². The molecular formula is C8H11BrClN3. The average molecular weight is 265 g/mol. The minimum Gasteiger partial charge on any atom is -0.354 e. The number of nitrogens with one attached hydrogen (secondary N) is 1. The normalized spacial score (nSPS) is 10.0. The van der Waals surface area contributed by atoms with Crippen molar-refractivity contribution in [3.05, 3.63) is 16.9 Å². The van der Waals surface area contributed by atoms with E-state index in [-0.39, 0.29) is 0 Å². The van der Waals surface area contributed by atoms with E-state index in [0.717, 1.165) is 23.9 Å². The molecule has 5 heteroatoms. The third-order valence-corrected chi connectivity index (χ3v) is 2.14. The third kappa shape index (κ3) is 4.43. The second kappa shape index (κ2) is 6.16. The highest BCUT2D eigenvalue weighted by Crippen LogP contribution is 2.06. The third-order valence-electron chi connectivity index (χ3n) is 1.46. The van der Waals surface area contributed by atoms with Crippen LogP contribution >= 0.6 is 27.5 Å². The molecule has 0 fully saturated rings. The van der Waals surface area contributed by atoms with Crippen LogP contribution in [0.15, 0.2) is 16.9 Å². The van der Waals surface area contributed by atoms with Crippen LogP contribution in [0.4, 0.5) is 5.95 Å². The summed E-state index contributed by atoms with van der Waals surface area (Å²) < 4.78 is 0.888. The Kier molecular flexibility index (Phi) is 5.08. The fraction of sp³-hybridized carbons (Fsp3) is 0.500. The average Bonchev–Trinajstić information content (AvgIpc) is 2.15. The summed E-state index contributed by atoms with van der Waals surface area (Å²) in [7, 11) is 0. The molecule has 0 aliphatic rings. The molecule has 0 radical (unpaired) electrons. The Bertz CT molecular complexity index is 240. The molecule has 1 N–H and O–H groups in total. The Morgan fingerprint density at radius 1 is 1.31 bits per heavy atom. The lowest BCUT2D eigenvalue weighted by Gasteiger charge is -2.02. The molecule has 0 amide bonds. The fourth-order valence-electron chi connectivity index (χ4n) is 0.823. The minimum atomic E-state index is 0.665. The van der Waals surface area contributed by atoms with Gasteiger partial charge in [-0.1, -0.05) is 0 Å². The molecule has 0 saturated heterocycles. The van der Waals surface area contributed by atoms with Crippen LogP contribution in [0.2, 0.25) is 0 Å². The fourth-order valence-corrected chi connectivity index (χ4v) is 1.22. The molecule has 0 aliphatic carbocycles. The van der Waals surface area contributed by atoms with E-state index >= 15 is 0 Å². The molecule has 13 heavy (non-hydrogen) atoms. The van der Waals surface area contributed by atoms with Gasteiger partial charge in [0, 0.05) is 24.8 Å². The topological polar surface area (TPSA) is 37.8 Å². The lowest BCUT2D eigenvalue weighted by molar-refractivity contribution is 0.831. The summed E-state index contributed by atoms with van der Waals surface area (Å²) in [6.07, 6.45) is 5.50. The molecule has 0 unspecified atom stereocenters. The summed E-state index contributed by atoms with van der Waals surface area (Å²) >= 11 is 8.81. The molecule has 0 atom stereocenters. The van der Waals surface area contributed by atoms with Crippen molar-refractivity contribution in [2.75, 3.05) is 17.7 Å². The van der Waals surface area contributed by atoms with Crippen molar-refractivity contribution in [3.8, 4) is 0 Å². The van der Waals surface area contributed by atoms with Crippen molar-refractivity contribution >= 4 is 33.5 Å². The second-order valence-electron chi connectivity index (χ2n) is 2.55. The zero-order chi connectivity index (χ0) is 9.52. The van der Waals surface area contributed by atoms with Crippen LogP contribution in [-0.4, -0.2) is 22.4 Å². The maximum atomic E-state index is 5.54. The van der Waals surface area contributed by atoms with Crippen LogP contribution in [0, 0.1) is 0 Å². The number of hydrogen-bond donors (Lipinski definition) is 1. The van der Waals surface area contributed by atoms with Gasteiger partial charge >= 0.3 is 0 Å². The molecule has 0 saturated carbocycles. The van der Waals surface area contributed by atoms with E-state index in [2.05, 4.69) is 31.2 Å². The SMILES string of the molecule is ClCCCCNc1ncc(Br)cn1. The number of unbranched alkanes of at least 4 members (excludes halogenated alkanes) is 1. The summed E-state index contributed by atoms with van der Waals surface area (Å²) in [4.78, 5) is 8.15. The van der Waals surface area contributed by atoms with Crippen molar-refractivity contribution in [3.63, 3.8) is 0 Å². The molecule has 72 valence electrons. The summed E-state index contributed by atoms with van der Waals surface area (Å²) in [6, 6.07) is 0. The Morgan fingerprint density at radius 2 is 2.00 bits per heavy atom. The highest BCUT2D eigenvalue weighted by Gasteiger charge is 1.93. The van der Waals surface area contributed by atoms with Gasteiger partial charge in [0.15, 0.2) is 0 Å². The van der Waals surface area contributed by atoms with Gasteiger partial charge in [0.05, 0.1) is 4.47 Å². The molecule has 0 aromatic carbocycles. The lowest BCUT2D eigenvalue weighted by Crippen LogP contribution is -2.04. The van der Waals surface area contributed by atoms with E-state index in [9.17, 15) is 0 Å². The number of halogens is 2. The Balaban J connectivity index is 2.25. The van der Waals surface area contributed by atoms with Crippen molar-refractivity contribution in [1.82, 2.24) is 9.97 Å². The number of alkyl halides is 1. The monoisotopic (exact) mass is 263 g/mol. The standard InChI is InChI=1S/C8H11BrClN3/c9-7-5-12-8(13-6-7)11-4-2-1-3-10/h5-6H,1-4H2,(H,11,12,13). The quantitative estimate of drug-likeness (QED) is 0.656. The summed E-state index contributed by atoms with van der Waals surface area (Å²) in [5.41, 5.74) is 0. The van der Waals surface area contributed by atoms with E-state index < -0.39 is 0 Å². The highest BCUT2D eigenvalue weighted by atomic mass is 79.9. The number of hydrogen-bond acceptors (Lipinski definition) is 3. The zero-order valence-corrected chi connectivity index (χ0v) is 9.48. The highest BCUT2D eigenvalue weighted by molar-refractivity contribution is 9.10. The maximum Gasteiger partial charge on any atom is 0.222 e. The molecule has 1 rings (SSSR count). The molecular weight excluding hydrogens is 253 g/mol. The first-order valence-corrected chi connectivity index (χ1v) is 5.43.